The van der Waals surface area contributed by atoms with Crippen LogP contribution in [0.1, 0.15) is 17.7 Å². The summed E-state index contributed by atoms with van der Waals surface area (Å²) in [6.07, 6.45) is 4.56. The second kappa shape index (κ2) is 6.96. The third-order valence-electron chi connectivity index (χ3n) is 2.81. The van der Waals surface area contributed by atoms with Gasteiger partial charge in [0.15, 0.2) is 0 Å². The highest BCUT2D eigenvalue weighted by Gasteiger charge is 2.09. The maximum absolute atomic E-state index is 4.52. The number of unbranched alkanes of at least 4 members (excludes halogenated alkanes) is 1. The molecule has 104 valence electrons. The van der Waals surface area contributed by atoms with Crippen molar-refractivity contribution < 1.29 is 0 Å². The van der Waals surface area contributed by atoms with Crippen molar-refractivity contribution in [2.45, 2.75) is 19.8 Å². The number of nitrogens with one attached hydrogen (secondary N) is 2. The minimum atomic E-state index is 0.681. The summed E-state index contributed by atoms with van der Waals surface area (Å²) in [7, 11) is 1.85. The fourth-order valence-corrected chi connectivity index (χ4v) is 3.24. The molecule has 0 aromatic carbocycles. The molecule has 2 aromatic rings. The zero-order valence-corrected chi connectivity index (χ0v) is 13.2. The van der Waals surface area contributed by atoms with E-state index in [9.17, 15) is 0 Å². The van der Waals surface area contributed by atoms with Crippen molar-refractivity contribution in [3.63, 3.8) is 0 Å². The molecule has 2 heterocycles. The molecule has 0 unspecified atom stereocenters. The highest BCUT2D eigenvalue weighted by molar-refractivity contribution is 7.98. The molecule has 0 aliphatic rings. The molecule has 2 N–H and O–H groups in total. The third kappa shape index (κ3) is 3.73. The average molecular weight is 296 g/mol. The summed E-state index contributed by atoms with van der Waals surface area (Å²) >= 11 is 3.61. The van der Waals surface area contributed by atoms with E-state index >= 15 is 0 Å². The molecule has 4 nitrogen and oxygen atoms in total. The van der Waals surface area contributed by atoms with Crippen molar-refractivity contribution in [1.29, 1.82) is 0 Å². The quantitative estimate of drug-likeness (QED) is 0.765. The van der Waals surface area contributed by atoms with Crippen molar-refractivity contribution in [2.75, 3.05) is 36.2 Å². The Labute approximate surface area is 122 Å². The lowest BCUT2D eigenvalue weighted by atomic mass is 10.3. The van der Waals surface area contributed by atoms with Gasteiger partial charge in [0, 0.05) is 18.5 Å². The topological polar surface area (TPSA) is 49.8 Å². The minimum Gasteiger partial charge on any atom is -0.369 e. The van der Waals surface area contributed by atoms with Crippen LogP contribution >= 0.6 is 23.1 Å². The lowest BCUT2D eigenvalue weighted by Crippen LogP contribution is -2.06. The SMILES string of the molecule is CNc1nc(NCCCCSC)c2cc(C)sc2n1. The van der Waals surface area contributed by atoms with Gasteiger partial charge < -0.3 is 10.6 Å². The second-order valence-corrected chi connectivity index (χ2v) is 6.57. The van der Waals surface area contributed by atoms with E-state index in [2.05, 4.69) is 39.8 Å². The molecule has 0 bridgehead atoms. The first-order chi connectivity index (χ1) is 9.24. The second-order valence-electron chi connectivity index (χ2n) is 4.35. The molecule has 0 aliphatic heterocycles. The van der Waals surface area contributed by atoms with E-state index < -0.39 is 0 Å². The number of fused-ring (bicyclic) bond motifs is 1. The van der Waals surface area contributed by atoms with Gasteiger partial charge in [-0.05, 0) is 37.8 Å². The van der Waals surface area contributed by atoms with Crippen LogP contribution in [0.4, 0.5) is 11.8 Å². The standard InChI is InChI=1S/C13H20N4S2/c1-9-8-10-11(15-6-4-5-7-18-3)16-13(14-2)17-12(10)19-9/h8H,4-7H2,1-3H3,(H2,14,15,16,17). The summed E-state index contributed by atoms with van der Waals surface area (Å²) in [6.45, 7) is 3.07. The van der Waals surface area contributed by atoms with Crippen LogP contribution in [0.15, 0.2) is 6.07 Å². The smallest absolute Gasteiger partial charge is 0.225 e. The lowest BCUT2D eigenvalue weighted by molar-refractivity contribution is 0.840. The first-order valence-corrected chi connectivity index (χ1v) is 8.64. The third-order valence-corrected chi connectivity index (χ3v) is 4.45. The molecular weight excluding hydrogens is 276 g/mol. The summed E-state index contributed by atoms with van der Waals surface area (Å²) in [5, 5.41) is 7.59. The van der Waals surface area contributed by atoms with Gasteiger partial charge in [-0.25, -0.2) is 4.98 Å². The fraction of sp³-hybridized carbons (Fsp3) is 0.538. The van der Waals surface area contributed by atoms with Gasteiger partial charge in [-0.2, -0.15) is 16.7 Å². The van der Waals surface area contributed by atoms with E-state index in [1.54, 1.807) is 11.3 Å². The van der Waals surface area contributed by atoms with Gasteiger partial charge in [-0.3, -0.25) is 0 Å². The molecule has 6 heteroatoms. The van der Waals surface area contributed by atoms with Gasteiger partial charge in [0.1, 0.15) is 10.6 Å². The molecule has 0 saturated heterocycles. The van der Waals surface area contributed by atoms with E-state index in [1.807, 2.05) is 18.8 Å². The van der Waals surface area contributed by atoms with E-state index in [0.717, 1.165) is 22.6 Å². The number of rotatable bonds is 7. The Balaban J connectivity index is 2.11. The molecule has 19 heavy (non-hydrogen) atoms. The minimum absolute atomic E-state index is 0.681. The molecule has 0 amide bonds. The zero-order chi connectivity index (χ0) is 13.7. The van der Waals surface area contributed by atoms with Crippen LogP contribution in [-0.4, -0.2) is 35.6 Å². The highest BCUT2D eigenvalue weighted by Crippen LogP contribution is 2.29. The number of aromatic nitrogens is 2. The summed E-state index contributed by atoms with van der Waals surface area (Å²) in [5.74, 6) is 2.85. The Hall–Kier alpha value is -1.01. The highest BCUT2D eigenvalue weighted by atomic mass is 32.2. The van der Waals surface area contributed by atoms with Crippen LogP contribution in [0.25, 0.3) is 10.2 Å². The Morgan fingerprint density at radius 3 is 2.89 bits per heavy atom. The van der Waals surface area contributed by atoms with Gasteiger partial charge in [-0.15, -0.1) is 11.3 Å². The molecule has 0 atom stereocenters. The predicted molar refractivity (Wildman–Crippen MR) is 87.8 cm³/mol. The Bertz CT molecular complexity index is 539. The molecular formula is C13H20N4S2. The van der Waals surface area contributed by atoms with Crippen molar-refractivity contribution in [3.8, 4) is 0 Å². The van der Waals surface area contributed by atoms with Gasteiger partial charge in [0.2, 0.25) is 5.95 Å². The molecule has 0 radical (unpaired) electrons. The molecule has 0 aliphatic carbocycles. The number of thiophene rings is 1. The van der Waals surface area contributed by atoms with Crippen molar-refractivity contribution in [2.24, 2.45) is 0 Å². The average Bonchev–Trinajstić information content (AvgIpc) is 2.78. The predicted octanol–water partition coefficient (Wildman–Crippen LogP) is 3.60. The lowest BCUT2D eigenvalue weighted by Gasteiger charge is -2.08. The summed E-state index contributed by atoms with van der Waals surface area (Å²) in [6, 6.07) is 2.16. The van der Waals surface area contributed by atoms with Crippen LogP contribution < -0.4 is 10.6 Å². The molecule has 0 fully saturated rings. The van der Waals surface area contributed by atoms with Crippen molar-refractivity contribution in [3.05, 3.63) is 10.9 Å². The number of hydrogen-bond donors (Lipinski definition) is 2. The van der Waals surface area contributed by atoms with E-state index in [1.165, 1.54) is 23.5 Å². The van der Waals surface area contributed by atoms with Gasteiger partial charge >= 0.3 is 0 Å². The Morgan fingerprint density at radius 2 is 2.16 bits per heavy atom. The van der Waals surface area contributed by atoms with E-state index in [-0.39, 0.29) is 0 Å². The number of nitrogens with zero attached hydrogens (tertiary/aromatic N) is 2. The Kier molecular flexibility index (Phi) is 5.27. The molecule has 0 saturated carbocycles. The largest absolute Gasteiger partial charge is 0.369 e. The molecule has 2 aromatic heterocycles. The van der Waals surface area contributed by atoms with Crippen molar-refractivity contribution >= 4 is 45.1 Å². The molecule has 0 spiro atoms. The number of thioether (sulfide) groups is 1. The fourth-order valence-electron chi connectivity index (χ4n) is 1.87. The van der Waals surface area contributed by atoms with Crippen LogP contribution in [-0.2, 0) is 0 Å². The summed E-state index contributed by atoms with van der Waals surface area (Å²) in [4.78, 5) is 11.3. The maximum atomic E-state index is 4.52. The van der Waals surface area contributed by atoms with E-state index in [4.69, 9.17) is 0 Å². The van der Waals surface area contributed by atoms with Gasteiger partial charge in [-0.1, -0.05) is 0 Å². The Morgan fingerprint density at radius 1 is 1.32 bits per heavy atom. The number of anilines is 2. The van der Waals surface area contributed by atoms with Crippen LogP contribution in [0, 0.1) is 6.92 Å². The first-order valence-electron chi connectivity index (χ1n) is 6.43. The summed E-state index contributed by atoms with van der Waals surface area (Å²) in [5.41, 5.74) is 0. The van der Waals surface area contributed by atoms with Gasteiger partial charge in [0.25, 0.3) is 0 Å². The van der Waals surface area contributed by atoms with Crippen LogP contribution in [0.5, 0.6) is 0 Å². The zero-order valence-electron chi connectivity index (χ0n) is 11.6. The normalized spacial score (nSPS) is 10.9. The number of aryl methyl sites for hydroxylation is 1. The first kappa shape index (κ1) is 14.4. The van der Waals surface area contributed by atoms with Crippen LogP contribution in [0.3, 0.4) is 0 Å². The summed E-state index contributed by atoms with van der Waals surface area (Å²) < 4.78 is 0. The maximum Gasteiger partial charge on any atom is 0.225 e. The van der Waals surface area contributed by atoms with Crippen molar-refractivity contribution in [1.82, 2.24) is 9.97 Å². The number of hydrogen-bond acceptors (Lipinski definition) is 6. The monoisotopic (exact) mass is 296 g/mol. The molecule has 2 rings (SSSR count). The van der Waals surface area contributed by atoms with Crippen LogP contribution in [0.2, 0.25) is 0 Å². The van der Waals surface area contributed by atoms with Gasteiger partial charge in [0.05, 0.1) is 5.39 Å². The van der Waals surface area contributed by atoms with E-state index in [0.29, 0.717) is 5.95 Å².